The van der Waals surface area contributed by atoms with Crippen LogP contribution in [0.3, 0.4) is 0 Å². The van der Waals surface area contributed by atoms with Crippen molar-refractivity contribution in [3.63, 3.8) is 0 Å². The number of nitrogens with one attached hydrogen (secondary N) is 1. The summed E-state index contributed by atoms with van der Waals surface area (Å²) in [5.74, 6) is 2.67. The number of para-hydroxylation sites is 1. The topological polar surface area (TPSA) is 81.6 Å². The molecule has 1 aliphatic carbocycles. The van der Waals surface area contributed by atoms with Crippen molar-refractivity contribution >= 4 is 12.1 Å². The van der Waals surface area contributed by atoms with Crippen LogP contribution < -0.4 is 19.5 Å². The Balaban J connectivity index is 1.35. The molecule has 0 spiro atoms. The first-order chi connectivity index (χ1) is 18.1. The van der Waals surface area contributed by atoms with Gasteiger partial charge in [-0.2, -0.15) is 0 Å². The second-order valence-corrected chi connectivity index (χ2v) is 9.26. The second-order valence-electron chi connectivity index (χ2n) is 9.26. The average Bonchev–Trinajstić information content (AvgIpc) is 3.62. The van der Waals surface area contributed by atoms with Gasteiger partial charge in [0.05, 0.1) is 31.8 Å². The smallest absolute Gasteiger partial charge is 0.236 e. The Labute approximate surface area is 217 Å². The Bertz CT molecular complexity index is 1210. The van der Waals surface area contributed by atoms with Gasteiger partial charge in [0.1, 0.15) is 11.6 Å². The molecule has 37 heavy (non-hydrogen) atoms. The molecule has 194 valence electrons. The summed E-state index contributed by atoms with van der Waals surface area (Å²) in [5.41, 5.74) is 1.45. The predicted octanol–water partition coefficient (Wildman–Crippen LogP) is 4.13. The minimum absolute atomic E-state index is 0.00210. The van der Waals surface area contributed by atoms with Crippen LogP contribution in [0.2, 0.25) is 0 Å². The third-order valence-corrected chi connectivity index (χ3v) is 7.06. The SMILES string of the molecule is C\C=N/C(=C\C=C\C(c1ccccc1OC)N1CCOCC1)NC(=O)C1(c2ccc3c(c2)OCO3)CC1. The van der Waals surface area contributed by atoms with Gasteiger partial charge in [0.2, 0.25) is 12.7 Å². The van der Waals surface area contributed by atoms with E-state index in [-0.39, 0.29) is 18.7 Å². The highest BCUT2D eigenvalue weighted by molar-refractivity contribution is 5.92. The van der Waals surface area contributed by atoms with Crippen LogP contribution in [0, 0.1) is 0 Å². The lowest BCUT2D eigenvalue weighted by molar-refractivity contribution is -0.122. The van der Waals surface area contributed by atoms with Crippen molar-refractivity contribution in [3.8, 4) is 17.2 Å². The predicted molar refractivity (Wildman–Crippen MR) is 141 cm³/mol. The zero-order valence-corrected chi connectivity index (χ0v) is 21.3. The number of benzene rings is 2. The quantitative estimate of drug-likeness (QED) is 0.409. The fourth-order valence-corrected chi connectivity index (χ4v) is 4.90. The van der Waals surface area contributed by atoms with Crippen molar-refractivity contribution < 1.29 is 23.7 Å². The van der Waals surface area contributed by atoms with Gasteiger partial charge >= 0.3 is 0 Å². The van der Waals surface area contributed by atoms with E-state index in [4.69, 9.17) is 18.9 Å². The van der Waals surface area contributed by atoms with E-state index in [0.29, 0.717) is 30.5 Å². The van der Waals surface area contributed by atoms with Gasteiger partial charge in [0, 0.05) is 24.9 Å². The number of rotatable bonds is 9. The largest absolute Gasteiger partial charge is 0.496 e. The molecular weight excluding hydrogens is 470 g/mol. The molecule has 1 saturated heterocycles. The van der Waals surface area contributed by atoms with Crippen LogP contribution >= 0.6 is 0 Å². The van der Waals surface area contributed by atoms with Gasteiger partial charge < -0.3 is 24.3 Å². The van der Waals surface area contributed by atoms with Crippen molar-refractivity contribution in [2.24, 2.45) is 4.99 Å². The molecule has 1 unspecified atom stereocenters. The standard InChI is InChI=1S/C29H33N3O5/c1-3-30-27(31-28(33)29(13-14-29)21-11-12-25-26(19-21)37-20-36-25)10-6-8-23(32-15-17-35-18-16-32)22-7-4-5-9-24(22)34-2/h3-12,19,23H,13-18,20H2,1-2H3,(H,31,33)/b8-6+,27-10+,30-3-. The maximum atomic E-state index is 13.4. The lowest BCUT2D eigenvalue weighted by atomic mass is 9.94. The van der Waals surface area contributed by atoms with E-state index in [1.165, 1.54) is 0 Å². The van der Waals surface area contributed by atoms with E-state index in [1.807, 2.05) is 55.5 Å². The lowest BCUT2D eigenvalue weighted by Gasteiger charge is -2.33. The summed E-state index contributed by atoms with van der Waals surface area (Å²) in [6.45, 7) is 5.08. The summed E-state index contributed by atoms with van der Waals surface area (Å²) >= 11 is 0. The van der Waals surface area contributed by atoms with Crippen LogP contribution in [0.1, 0.15) is 36.9 Å². The zero-order valence-electron chi connectivity index (χ0n) is 21.3. The number of ether oxygens (including phenoxy) is 4. The molecule has 5 rings (SSSR count). The fraction of sp³-hybridized carbons (Fsp3) is 0.379. The number of allylic oxidation sites excluding steroid dienone is 2. The Kier molecular flexibility index (Phi) is 7.58. The molecule has 2 aromatic carbocycles. The van der Waals surface area contributed by atoms with Crippen molar-refractivity contribution in [1.29, 1.82) is 0 Å². The first-order valence-electron chi connectivity index (χ1n) is 12.7. The van der Waals surface area contributed by atoms with Crippen LogP contribution in [0.5, 0.6) is 17.2 Å². The number of nitrogens with zero attached hydrogens (tertiary/aromatic N) is 2. The molecule has 3 aliphatic rings. The molecule has 1 amide bonds. The highest BCUT2D eigenvalue weighted by Gasteiger charge is 2.51. The summed E-state index contributed by atoms with van der Waals surface area (Å²) in [7, 11) is 1.69. The number of methoxy groups -OCH3 is 1. The van der Waals surface area contributed by atoms with Crippen molar-refractivity contribution in [1.82, 2.24) is 10.2 Å². The van der Waals surface area contributed by atoms with Gasteiger partial charge in [-0.05, 0) is 49.6 Å². The van der Waals surface area contributed by atoms with Gasteiger partial charge in [0.25, 0.3) is 0 Å². The molecule has 1 atom stereocenters. The second kappa shape index (κ2) is 11.2. The van der Waals surface area contributed by atoms with E-state index < -0.39 is 5.41 Å². The minimum Gasteiger partial charge on any atom is -0.496 e. The molecule has 2 aliphatic heterocycles. The monoisotopic (exact) mass is 503 g/mol. The number of carbonyl (C=O) groups is 1. The molecule has 2 fully saturated rings. The highest BCUT2D eigenvalue weighted by Crippen LogP contribution is 2.50. The average molecular weight is 504 g/mol. The molecule has 8 heteroatoms. The van der Waals surface area contributed by atoms with Gasteiger partial charge in [-0.15, -0.1) is 0 Å². The summed E-state index contributed by atoms with van der Waals surface area (Å²) in [6, 6.07) is 13.8. The summed E-state index contributed by atoms with van der Waals surface area (Å²) in [4.78, 5) is 20.2. The molecule has 1 N–H and O–H groups in total. The molecule has 1 saturated carbocycles. The van der Waals surface area contributed by atoms with Crippen LogP contribution in [-0.4, -0.2) is 57.2 Å². The number of morpholine rings is 1. The molecule has 2 heterocycles. The Morgan fingerprint density at radius 2 is 1.92 bits per heavy atom. The van der Waals surface area contributed by atoms with Gasteiger partial charge in [-0.3, -0.25) is 9.69 Å². The molecule has 0 aromatic heterocycles. The third kappa shape index (κ3) is 5.40. The van der Waals surface area contributed by atoms with E-state index in [0.717, 1.165) is 42.8 Å². The molecular formula is C29H33N3O5. The Hall–Kier alpha value is -3.62. The first kappa shape index (κ1) is 25.0. The van der Waals surface area contributed by atoms with E-state index in [2.05, 4.69) is 27.4 Å². The molecule has 8 nitrogen and oxygen atoms in total. The number of aliphatic imine (C=N–C) groups is 1. The van der Waals surface area contributed by atoms with Crippen molar-refractivity contribution in [3.05, 3.63) is 77.6 Å². The Morgan fingerprint density at radius 1 is 1.14 bits per heavy atom. The molecule has 2 aromatic rings. The number of hydrogen-bond acceptors (Lipinski definition) is 7. The summed E-state index contributed by atoms with van der Waals surface area (Å²) < 4.78 is 22.2. The van der Waals surface area contributed by atoms with E-state index in [9.17, 15) is 4.79 Å². The van der Waals surface area contributed by atoms with E-state index >= 15 is 0 Å². The van der Waals surface area contributed by atoms with Crippen LogP contribution in [-0.2, 0) is 14.9 Å². The maximum Gasteiger partial charge on any atom is 0.236 e. The van der Waals surface area contributed by atoms with Gasteiger partial charge in [-0.1, -0.05) is 36.4 Å². The highest BCUT2D eigenvalue weighted by atomic mass is 16.7. The number of fused-ring (bicyclic) bond motifs is 1. The minimum atomic E-state index is -0.569. The number of amides is 1. The van der Waals surface area contributed by atoms with Crippen molar-refractivity contribution in [2.45, 2.75) is 31.2 Å². The summed E-state index contributed by atoms with van der Waals surface area (Å²) in [5, 5.41) is 3.05. The van der Waals surface area contributed by atoms with Crippen LogP contribution in [0.25, 0.3) is 0 Å². The Morgan fingerprint density at radius 3 is 2.68 bits per heavy atom. The fourth-order valence-electron chi connectivity index (χ4n) is 4.90. The number of carbonyl (C=O) groups excluding carboxylic acids is 1. The molecule has 0 bridgehead atoms. The normalized spacial score (nSPS) is 19.8. The van der Waals surface area contributed by atoms with Crippen molar-refractivity contribution in [2.75, 3.05) is 40.2 Å². The number of hydrogen-bond donors (Lipinski definition) is 1. The van der Waals surface area contributed by atoms with Crippen LogP contribution in [0.15, 0.2) is 71.5 Å². The molecule has 0 radical (unpaired) electrons. The summed E-state index contributed by atoms with van der Waals surface area (Å²) in [6.07, 6.45) is 9.16. The zero-order chi connectivity index (χ0) is 25.7. The van der Waals surface area contributed by atoms with Gasteiger partial charge in [-0.25, -0.2) is 4.99 Å². The van der Waals surface area contributed by atoms with E-state index in [1.54, 1.807) is 13.3 Å². The van der Waals surface area contributed by atoms with Gasteiger partial charge in [0.15, 0.2) is 11.5 Å². The maximum absolute atomic E-state index is 13.4. The van der Waals surface area contributed by atoms with Crippen LogP contribution in [0.4, 0.5) is 0 Å². The lowest BCUT2D eigenvalue weighted by Crippen LogP contribution is -2.38. The first-order valence-corrected chi connectivity index (χ1v) is 12.7. The third-order valence-electron chi connectivity index (χ3n) is 7.06.